The summed E-state index contributed by atoms with van der Waals surface area (Å²) in [6.45, 7) is 2.07. The lowest BCUT2D eigenvalue weighted by molar-refractivity contribution is -0.119. The van der Waals surface area contributed by atoms with E-state index in [1.165, 1.54) is 61.5 Å². The highest BCUT2D eigenvalue weighted by Crippen LogP contribution is 2.44. The summed E-state index contributed by atoms with van der Waals surface area (Å²) < 4.78 is 0. The van der Waals surface area contributed by atoms with Crippen LogP contribution in [0.3, 0.4) is 0 Å². The molecule has 3 aliphatic rings. The molecule has 1 amide bonds. The molecule has 4 nitrogen and oxygen atoms in total. The van der Waals surface area contributed by atoms with Gasteiger partial charge in [0, 0.05) is 17.4 Å². The van der Waals surface area contributed by atoms with Gasteiger partial charge in [-0.05, 0) is 69.3 Å². The molecule has 0 saturated heterocycles. The Kier molecular flexibility index (Phi) is 4.31. The van der Waals surface area contributed by atoms with E-state index in [0.29, 0.717) is 11.8 Å². The molecule has 2 saturated carbocycles. The number of carbonyl (C=O) groups is 1. The third-order valence-electron chi connectivity index (χ3n) is 5.79. The number of amides is 1. The van der Waals surface area contributed by atoms with Gasteiger partial charge in [-0.15, -0.1) is 0 Å². The molecular formula is C18H25N3OS. The summed E-state index contributed by atoms with van der Waals surface area (Å²) >= 11 is 1.48. The number of aryl methyl sites for hydroxylation is 2. The number of fused-ring (bicyclic) bond motifs is 3. The Hall–Kier alpha value is -1.10. The van der Waals surface area contributed by atoms with Gasteiger partial charge in [-0.3, -0.25) is 4.79 Å². The molecule has 2 bridgehead atoms. The molecule has 0 radical (unpaired) electrons. The fourth-order valence-corrected chi connectivity index (χ4v) is 5.34. The Morgan fingerprint density at radius 2 is 2.09 bits per heavy atom. The molecular weight excluding hydrogens is 306 g/mol. The summed E-state index contributed by atoms with van der Waals surface area (Å²) in [5, 5.41) is 4.01. The van der Waals surface area contributed by atoms with E-state index in [1.54, 1.807) is 0 Å². The summed E-state index contributed by atoms with van der Waals surface area (Å²) in [6, 6.07) is 0.424. The second kappa shape index (κ2) is 6.42. The highest BCUT2D eigenvalue weighted by Gasteiger charge is 2.40. The number of nitrogens with zero attached hydrogens (tertiary/aromatic N) is 2. The Balaban J connectivity index is 1.33. The first kappa shape index (κ1) is 15.4. The Bertz CT molecular complexity index is 619. The third kappa shape index (κ3) is 3.25. The van der Waals surface area contributed by atoms with Crippen LogP contribution in [0.5, 0.6) is 0 Å². The van der Waals surface area contributed by atoms with Gasteiger partial charge in [0.1, 0.15) is 0 Å². The second-order valence-electron chi connectivity index (χ2n) is 7.36. The van der Waals surface area contributed by atoms with E-state index in [-0.39, 0.29) is 5.91 Å². The maximum absolute atomic E-state index is 12.2. The van der Waals surface area contributed by atoms with Crippen molar-refractivity contribution in [2.75, 3.05) is 5.75 Å². The van der Waals surface area contributed by atoms with Crippen molar-refractivity contribution in [2.24, 2.45) is 11.8 Å². The van der Waals surface area contributed by atoms with Gasteiger partial charge in [0.15, 0.2) is 5.16 Å². The molecule has 0 spiro atoms. The molecule has 1 heterocycles. The average Bonchev–Trinajstić information content (AvgIpc) is 3.16. The van der Waals surface area contributed by atoms with Gasteiger partial charge >= 0.3 is 0 Å². The number of carbonyl (C=O) groups excluding carboxylic acids is 1. The van der Waals surface area contributed by atoms with E-state index in [2.05, 4.69) is 22.2 Å². The van der Waals surface area contributed by atoms with Gasteiger partial charge in [-0.25, -0.2) is 9.97 Å². The van der Waals surface area contributed by atoms with E-state index in [1.807, 2.05) is 0 Å². The van der Waals surface area contributed by atoms with Gasteiger partial charge in [0.2, 0.25) is 5.91 Å². The molecule has 1 N–H and O–H groups in total. The van der Waals surface area contributed by atoms with Crippen molar-refractivity contribution in [1.29, 1.82) is 0 Å². The minimum absolute atomic E-state index is 0.145. The average molecular weight is 331 g/mol. The molecule has 0 aromatic carbocycles. The summed E-state index contributed by atoms with van der Waals surface area (Å²) in [5.41, 5.74) is 3.65. The number of thioether (sulfide) groups is 1. The van der Waals surface area contributed by atoms with E-state index in [0.717, 1.165) is 35.5 Å². The van der Waals surface area contributed by atoms with Gasteiger partial charge < -0.3 is 5.32 Å². The van der Waals surface area contributed by atoms with Crippen molar-refractivity contribution in [3.05, 3.63) is 17.0 Å². The number of hydrogen-bond donors (Lipinski definition) is 1. The molecule has 3 unspecified atom stereocenters. The fourth-order valence-electron chi connectivity index (χ4n) is 4.62. The van der Waals surface area contributed by atoms with Crippen LogP contribution in [0.4, 0.5) is 0 Å². The predicted molar refractivity (Wildman–Crippen MR) is 91.5 cm³/mol. The van der Waals surface area contributed by atoms with E-state index >= 15 is 0 Å². The molecule has 5 heteroatoms. The zero-order valence-corrected chi connectivity index (χ0v) is 14.6. The smallest absolute Gasteiger partial charge is 0.230 e. The maximum atomic E-state index is 12.2. The molecule has 23 heavy (non-hydrogen) atoms. The molecule has 3 aliphatic carbocycles. The van der Waals surface area contributed by atoms with Crippen LogP contribution in [0.1, 0.15) is 55.5 Å². The highest BCUT2D eigenvalue weighted by molar-refractivity contribution is 7.99. The van der Waals surface area contributed by atoms with Crippen LogP contribution in [-0.4, -0.2) is 27.7 Å². The maximum Gasteiger partial charge on any atom is 0.230 e. The zero-order chi connectivity index (χ0) is 15.8. The zero-order valence-electron chi connectivity index (χ0n) is 13.8. The first-order chi connectivity index (χ1) is 11.2. The molecule has 1 aromatic heterocycles. The largest absolute Gasteiger partial charge is 0.352 e. The SMILES string of the molecule is Cc1nc(SCC(=O)NC2CC3CCC2C3)nc2c1CCCC2. The molecule has 2 fully saturated rings. The van der Waals surface area contributed by atoms with Crippen LogP contribution < -0.4 is 5.32 Å². The molecule has 0 aliphatic heterocycles. The second-order valence-corrected chi connectivity index (χ2v) is 8.30. The number of hydrogen-bond acceptors (Lipinski definition) is 4. The third-order valence-corrected chi connectivity index (χ3v) is 6.63. The molecule has 124 valence electrons. The molecule has 4 rings (SSSR count). The monoisotopic (exact) mass is 331 g/mol. The Morgan fingerprint density at radius 1 is 1.22 bits per heavy atom. The van der Waals surface area contributed by atoms with Gasteiger partial charge in [-0.1, -0.05) is 18.2 Å². The lowest BCUT2D eigenvalue weighted by atomic mass is 9.95. The van der Waals surface area contributed by atoms with E-state index in [9.17, 15) is 4.79 Å². The highest BCUT2D eigenvalue weighted by atomic mass is 32.2. The van der Waals surface area contributed by atoms with Crippen LogP contribution in [0.2, 0.25) is 0 Å². The van der Waals surface area contributed by atoms with Crippen LogP contribution in [0.15, 0.2) is 5.16 Å². The molecule has 1 aromatic rings. The lowest BCUT2D eigenvalue weighted by Crippen LogP contribution is -2.39. The van der Waals surface area contributed by atoms with Crippen LogP contribution >= 0.6 is 11.8 Å². The van der Waals surface area contributed by atoms with Crippen molar-refractivity contribution in [3.63, 3.8) is 0 Å². The quantitative estimate of drug-likeness (QED) is 0.680. The lowest BCUT2D eigenvalue weighted by Gasteiger charge is -2.22. The number of rotatable bonds is 4. The first-order valence-corrected chi connectivity index (χ1v) is 9.96. The van der Waals surface area contributed by atoms with Crippen LogP contribution in [0.25, 0.3) is 0 Å². The van der Waals surface area contributed by atoms with E-state index < -0.39 is 0 Å². The van der Waals surface area contributed by atoms with E-state index in [4.69, 9.17) is 0 Å². The van der Waals surface area contributed by atoms with Crippen molar-refractivity contribution in [1.82, 2.24) is 15.3 Å². The van der Waals surface area contributed by atoms with Crippen molar-refractivity contribution >= 4 is 17.7 Å². The Labute approximate surface area is 142 Å². The van der Waals surface area contributed by atoms with Crippen LogP contribution in [-0.2, 0) is 17.6 Å². The Morgan fingerprint density at radius 3 is 2.87 bits per heavy atom. The number of nitrogens with one attached hydrogen (secondary N) is 1. The van der Waals surface area contributed by atoms with Crippen LogP contribution in [0, 0.1) is 18.8 Å². The summed E-state index contributed by atoms with van der Waals surface area (Å²) in [4.78, 5) is 21.5. The molecule has 3 atom stereocenters. The van der Waals surface area contributed by atoms with Gasteiger partial charge in [0.05, 0.1) is 5.75 Å². The summed E-state index contributed by atoms with van der Waals surface area (Å²) in [6.07, 6.45) is 9.82. The van der Waals surface area contributed by atoms with Crippen molar-refractivity contribution in [2.45, 2.75) is 69.5 Å². The van der Waals surface area contributed by atoms with Crippen molar-refractivity contribution in [3.8, 4) is 0 Å². The summed E-state index contributed by atoms with van der Waals surface area (Å²) in [5.74, 6) is 2.18. The predicted octanol–water partition coefficient (Wildman–Crippen LogP) is 3.06. The van der Waals surface area contributed by atoms with Crippen molar-refractivity contribution < 1.29 is 4.79 Å². The normalized spacial score (nSPS) is 28.7. The number of aromatic nitrogens is 2. The fraction of sp³-hybridized carbons (Fsp3) is 0.722. The van der Waals surface area contributed by atoms with Gasteiger partial charge in [0.25, 0.3) is 0 Å². The standard InChI is InChI=1S/C18H25N3OS/c1-11-14-4-2-3-5-15(14)21-18(19-11)23-10-17(22)20-16-9-12-6-7-13(16)8-12/h12-13,16H,2-10H2,1H3,(H,20,22). The minimum Gasteiger partial charge on any atom is -0.352 e. The topological polar surface area (TPSA) is 54.9 Å². The summed E-state index contributed by atoms with van der Waals surface area (Å²) in [7, 11) is 0. The van der Waals surface area contributed by atoms with Gasteiger partial charge in [-0.2, -0.15) is 0 Å². The first-order valence-electron chi connectivity index (χ1n) is 8.97. The minimum atomic E-state index is 0.145.